The lowest BCUT2D eigenvalue weighted by molar-refractivity contribution is -0.142. The van der Waals surface area contributed by atoms with Crippen LogP contribution >= 0.6 is 22.7 Å². The van der Waals surface area contributed by atoms with E-state index in [-0.39, 0.29) is 28.5 Å². The number of nitrogens with one attached hydrogen (secondary N) is 2. The number of ether oxygens (including phenoxy) is 1. The predicted octanol–water partition coefficient (Wildman–Crippen LogP) is 4.07. The highest BCUT2D eigenvalue weighted by Crippen LogP contribution is 2.37. The van der Waals surface area contributed by atoms with Gasteiger partial charge in [-0.1, -0.05) is 17.7 Å². The standard InChI is InChI=1S/C20H19N5O3S2/c1-3-28-15(26)8-13-10-23-20(29-13)25-18(27)17-16(22)14(9-21)19(30-17)24-12-6-4-11(2)5-7-12/h4-7,10,24H,3,8,22H2,1-2H3,(H,23,25,27). The second-order valence-corrected chi connectivity index (χ2v) is 8.36. The quantitative estimate of drug-likeness (QED) is 0.471. The van der Waals surface area contributed by atoms with E-state index in [0.717, 1.165) is 22.6 Å². The fraction of sp³-hybridized carbons (Fsp3) is 0.200. The van der Waals surface area contributed by atoms with Crippen LogP contribution in [0.15, 0.2) is 30.5 Å². The molecule has 0 atom stereocenters. The lowest BCUT2D eigenvalue weighted by Gasteiger charge is -2.04. The van der Waals surface area contributed by atoms with Gasteiger partial charge in [-0.05, 0) is 26.0 Å². The van der Waals surface area contributed by atoms with E-state index in [1.165, 1.54) is 17.5 Å². The second-order valence-electron chi connectivity index (χ2n) is 6.22. The molecule has 0 aliphatic heterocycles. The van der Waals surface area contributed by atoms with E-state index in [1.807, 2.05) is 31.2 Å². The van der Waals surface area contributed by atoms with Gasteiger partial charge in [0.25, 0.3) is 5.91 Å². The number of nitriles is 1. The van der Waals surface area contributed by atoms with E-state index < -0.39 is 5.91 Å². The van der Waals surface area contributed by atoms with Gasteiger partial charge in [0, 0.05) is 16.8 Å². The highest BCUT2D eigenvalue weighted by Gasteiger charge is 2.22. The molecule has 2 aromatic heterocycles. The highest BCUT2D eigenvalue weighted by atomic mass is 32.1. The Hall–Kier alpha value is -3.42. The molecule has 154 valence electrons. The number of aryl methyl sites for hydroxylation is 1. The average molecular weight is 442 g/mol. The Balaban J connectivity index is 1.75. The number of carbonyl (C=O) groups is 2. The molecule has 0 saturated heterocycles. The number of carbonyl (C=O) groups excluding carboxylic acids is 2. The van der Waals surface area contributed by atoms with E-state index in [1.54, 1.807) is 6.92 Å². The first-order chi connectivity index (χ1) is 14.4. The number of anilines is 4. The van der Waals surface area contributed by atoms with Crippen LogP contribution in [-0.2, 0) is 16.0 Å². The third-order valence-electron chi connectivity index (χ3n) is 3.97. The minimum absolute atomic E-state index is 0.0890. The highest BCUT2D eigenvalue weighted by molar-refractivity contribution is 7.19. The molecular weight excluding hydrogens is 422 g/mol. The Morgan fingerprint density at radius 2 is 2.00 bits per heavy atom. The molecule has 0 saturated carbocycles. The molecule has 2 heterocycles. The molecule has 3 rings (SSSR count). The summed E-state index contributed by atoms with van der Waals surface area (Å²) in [5, 5.41) is 16.1. The zero-order valence-corrected chi connectivity index (χ0v) is 17.9. The number of thiophene rings is 1. The van der Waals surface area contributed by atoms with Crippen molar-refractivity contribution in [2.45, 2.75) is 20.3 Å². The van der Waals surface area contributed by atoms with Crippen molar-refractivity contribution in [2.24, 2.45) is 0 Å². The first kappa shape index (κ1) is 21.3. The second kappa shape index (κ2) is 9.39. The maximum absolute atomic E-state index is 12.7. The molecule has 1 aromatic carbocycles. The van der Waals surface area contributed by atoms with Gasteiger partial charge in [0.2, 0.25) is 0 Å². The van der Waals surface area contributed by atoms with Gasteiger partial charge in [0.15, 0.2) is 5.13 Å². The molecule has 0 radical (unpaired) electrons. The van der Waals surface area contributed by atoms with Gasteiger partial charge < -0.3 is 15.8 Å². The van der Waals surface area contributed by atoms with Crippen molar-refractivity contribution < 1.29 is 14.3 Å². The number of nitrogen functional groups attached to an aromatic ring is 1. The Morgan fingerprint density at radius 1 is 1.27 bits per heavy atom. The molecule has 30 heavy (non-hydrogen) atoms. The maximum Gasteiger partial charge on any atom is 0.311 e. The summed E-state index contributed by atoms with van der Waals surface area (Å²) in [6, 6.07) is 9.69. The Bertz CT molecular complexity index is 1110. The normalized spacial score (nSPS) is 10.3. The molecule has 8 nitrogen and oxygen atoms in total. The zero-order chi connectivity index (χ0) is 21.7. The number of hydrogen-bond donors (Lipinski definition) is 3. The summed E-state index contributed by atoms with van der Waals surface area (Å²) in [7, 11) is 0. The Kier molecular flexibility index (Phi) is 6.66. The van der Waals surface area contributed by atoms with E-state index in [0.29, 0.717) is 21.6 Å². The zero-order valence-electron chi connectivity index (χ0n) is 16.3. The monoisotopic (exact) mass is 441 g/mol. The molecule has 1 amide bonds. The van der Waals surface area contributed by atoms with Crippen molar-refractivity contribution in [3.63, 3.8) is 0 Å². The van der Waals surface area contributed by atoms with Gasteiger partial charge in [-0.15, -0.1) is 22.7 Å². The molecule has 0 fully saturated rings. The number of thiazole rings is 1. The average Bonchev–Trinajstić information content (AvgIpc) is 3.27. The van der Waals surface area contributed by atoms with E-state index in [4.69, 9.17) is 10.5 Å². The number of nitrogens with zero attached hydrogens (tertiary/aromatic N) is 2. The maximum atomic E-state index is 12.7. The summed E-state index contributed by atoms with van der Waals surface area (Å²) in [4.78, 5) is 29.3. The summed E-state index contributed by atoms with van der Waals surface area (Å²) in [5.74, 6) is -0.824. The van der Waals surface area contributed by atoms with Gasteiger partial charge >= 0.3 is 5.97 Å². The molecule has 0 aliphatic rings. The van der Waals surface area contributed by atoms with Crippen molar-refractivity contribution in [3.8, 4) is 6.07 Å². The number of rotatable bonds is 7. The number of amides is 1. The lowest BCUT2D eigenvalue weighted by atomic mass is 10.2. The SMILES string of the molecule is CCOC(=O)Cc1cnc(NC(=O)c2sc(Nc3ccc(C)cc3)c(C#N)c2N)s1. The Morgan fingerprint density at radius 3 is 2.67 bits per heavy atom. The summed E-state index contributed by atoms with van der Waals surface area (Å²) >= 11 is 2.27. The van der Waals surface area contributed by atoms with Crippen LogP contribution in [0.2, 0.25) is 0 Å². The van der Waals surface area contributed by atoms with Gasteiger partial charge in [-0.2, -0.15) is 5.26 Å². The van der Waals surface area contributed by atoms with Crippen LogP contribution in [0.5, 0.6) is 0 Å². The topological polar surface area (TPSA) is 130 Å². The molecule has 4 N–H and O–H groups in total. The van der Waals surface area contributed by atoms with Gasteiger partial charge in [-0.3, -0.25) is 14.9 Å². The van der Waals surface area contributed by atoms with Crippen molar-refractivity contribution in [1.82, 2.24) is 4.98 Å². The van der Waals surface area contributed by atoms with Crippen molar-refractivity contribution in [2.75, 3.05) is 23.0 Å². The van der Waals surface area contributed by atoms with Crippen molar-refractivity contribution in [3.05, 3.63) is 51.3 Å². The van der Waals surface area contributed by atoms with E-state index in [9.17, 15) is 14.9 Å². The summed E-state index contributed by atoms with van der Waals surface area (Å²) in [5.41, 5.74) is 8.28. The number of aromatic nitrogens is 1. The van der Waals surface area contributed by atoms with Gasteiger partial charge in [0.05, 0.1) is 18.7 Å². The van der Waals surface area contributed by atoms with Crippen molar-refractivity contribution >= 4 is 56.1 Å². The summed E-state index contributed by atoms with van der Waals surface area (Å²) < 4.78 is 4.90. The van der Waals surface area contributed by atoms with Gasteiger partial charge in [0.1, 0.15) is 21.5 Å². The fourth-order valence-electron chi connectivity index (χ4n) is 2.53. The minimum Gasteiger partial charge on any atom is -0.466 e. The molecule has 0 bridgehead atoms. The number of benzene rings is 1. The van der Waals surface area contributed by atoms with Crippen LogP contribution in [0.1, 0.15) is 32.6 Å². The largest absolute Gasteiger partial charge is 0.466 e. The van der Waals surface area contributed by atoms with E-state index >= 15 is 0 Å². The van der Waals surface area contributed by atoms with Crippen LogP contribution < -0.4 is 16.4 Å². The van der Waals surface area contributed by atoms with Crippen molar-refractivity contribution in [1.29, 1.82) is 5.26 Å². The Labute approximate surface area is 181 Å². The lowest BCUT2D eigenvalue weighted by Crippen LogP contribution is -2.11. The molecule has 0 aliphatic carbocycles. The van der Waals surface area contributed by atoms with Crippen LogP contribution in [0.4, 0.5) is 21.5 Å². The predicted molar refractivity (Wildman–Crippen MR) is 118 cm³/mol. The van der Waals surface area contributed by atoms with Gasteiger partial charge in [-0.25, -0.2) is 4.98 Å². The molecule has 0 spiro atoms. The first-order valence-electron chi connectivity index (χ1n) is 8.99. The van der Waals surface area contributed by atoms with Crippen LogP contribution in [0.25, 0.3) is 0 Å². The number of hydrogen-bond acceptors (Lipinski definition) is 9. The number of nitrogens with two attached hydrogens (primary N) is 1. The third-order valence-corrected chi connectivity index (χ3v) is 6.00. The molecular formula is C20H19N5O3S2. The smallest absolute Gasteiger partial charge is 0.311 e. The first-order valence-corrected chi connectivity index (χ1v) is 10.6. The minimum atomic E-state index is -0.469. The van der Waals surface area contributed by atoms with Crippen LogP contribution in [-0.4, -0.2) is 23.5 Å². The van der Waals surface area contributed by atoms with Crippen LogP contribution in [0.3, 0.4) is 0 Å². The molecule has 3 aromatic rings. The van der Waals surface area contributed by atoms with Crippen LogP contribution in [0, 0.1) is 18.3 Å². The van der Waals surface area contributed by atoms with E-state index in [2.05, 4.69) is 21.7 Å². The summed E-state index contributed by atoms with van der Waals surface area (Å²) in [6.45, 7) is 4.02. The molecule has 10 heteroatoms. The summed E-state index contributed by atoms with van der Waals surface area (Å²) in [6.07, 6.45) is 1.60. The number of esters is 1. The molecule has 0 unspecified atom stereocenters. The third kappa shape index (κ3) is 4.94. The fourth-order valence-corrected chi connectivity index (χ4v) is 4.31.